The van der Waals surface area contributed by atoms with E-state index in [0.29, 0.717) is 12.2 Å². The molecule has 5 aromatic rings. The lowest BCUT2D eigenvalue weighted by atomic mass is 9.91. The number of amides is 1. The van der Waals surface area contributed by atoms with Crippen LogP contribution in [0.1, 0.15) is 44.6 Å². The molecular weight excluding hydrogens is 404 g/mol. The molecular formula is C25H22N4OS. The van der Waals surface area contributed by atoms with E-state index in [-0.39, 0.29) is 11.9 Å². The van der Waals surface area contributed by atoms with Gasteiger partial charge in [-0.15, -0.1) is 11.3 Å². The molecule has 5 nitrogen and oxygen atoms in total. The predicted octanol–water partition coefficient (Wildman–Crippen LogP) is 5.28. The summed E-state index contributed by atoms with van der Waals surface area (Å²) in [6.07, 6.45) is 2.78. The van der Waals surface area contributed by atoms with Crippen molar-refractivity contribution in [1.82, 2.24) is 19.3 Å². The maximum atomic E-state index is 13.8. The number of carbonyl (C=O) groups is 1. The molecule has 1 atom stereocenters. The Labute approximate surface area is 184 Å². The lowest BCUT2D eigenvalue weighted by Crippen LogP contribution is -2.41. The van der Waals surface area contributed by atoms with Crippen LogP contribution in [0.5, 0.6) is 0 Å². The number of nitrogens with one attached hydrogen (secondary N) is 1. The molecule has 1 N–H and O–H groups in total. The summed E-state index contributed by atoms with van der Waals surface area (Å²) in [6, 6.07) is 16.8. The van der Waals surface area contributed by atoms with Crippen molar-refractivity contribution in [1.29, 1.82) is 0 Å². The Balaban J connectivity index is 1.53. The van der Waals surface area contributed by atoms with Crippen LogP contribution in [-0.2, 0) is 6.42 Å². The number of rotatable bonds is 2. The summed E-state index contributed by atoms with van der Waals surface area (Å²) in [7, 11) is 0. The van der Waals surface area contributed by atoms with Crippen LogP contribution in [0.4, 0.5) is 0 Å². The summed E-state index contributed by atoms with van der Waals surface area (Å²) >= 11 is 1.51. The first-order chi connectivity index (χ1) is 15.1. The number of nitrogens with zero attached hydrogens (tertiary/aromatic N) is 3. The Kier molecular flexibility index (Phi) is 4.05. The molecule has 0 saturated heterocycles. The monoisotopic (exact) mass is 426 g/mol. The highest BCUT2D eigenvalue weighted by Crippen LogP contribution is 2.39. The molecule has 2 aromatic carbocycles. The van der Waals surface area contributed by atoms with Crippen LogP contribution in [0.2, 0.25) is 0 Å². The lowest BCUT2D eigenvalue weighted by Gasteiger charge is -2.36. The van der Waals surface area contributed by atoms with Crippen molar-refractivity contribution in [2.24, 2.45) is 0 Å². The molecule has 0 spiro atoms. The highest BCUT2D eigenvalue weighted by atomic mass is 32.1. The van der Waals surface area contributed by atoms with Crippen LogP contribution >= 0.6 is 11.3 Å². The first-order valence-corrected chi connectivity index (χ1v) is 11.4. The number of hydrogen-bond donors (Lipinski definition) is 1. The van der Waals surface area contributed by atoms with Crippen molar-refractivity contribution in [2.45, 2.75) is 26.3 Å². The maximum absolute atomic E-state index is 13.8. The van der Waals surface area contributed by atoms with Crippen LogP contribution in [0, 0.1) is 13.8 Å². The Bertz CT molecular complexity index is 1460. The average Bonchev–Trinajstić information content (AvgIpc) is 3.44. The molecule has 1 aliphatic heterocycles. The minimum absolute atomic E-state index is 0.0412. The Morgan fingerprint density at radius 2 is 2.03 bits per heavy atom. The second-order valence-electron chi connectivity index (χ2n) is 8.28. The van der Waals surface area contributed by atoms with E-state index in [2.05, 4.69) is 65.4 Å². The molecule has 0 bridgehead atoms. The molecule has 3 aromatic heterocycles. The van der Waals surface area contributed by atoms with Crippen molar-refractivity contribution in [2.75, 3.05) is 6.54 Å². The number of para-hydroxylation sites is 1. The topological polar surface area (TPSA) is 53.4 Å². The summed E-state index contributed by atoms with van der Waals surface area (Å²) in [5.74, 6) is 0.0412. The van der Waals surface area contributed by atoms with Gasteiger partial charge in [0.2, 0.25) is 0 Å². The fourth-order valence-corrected chi connectivity index (χ4v) is 5.74. The molecule has 0 saturated carbocycles. The Hall–Kier alpha value is -3.38. The van der Waals surface area contributed by atoms with Crippen LogP contribution in [-0.4, -0.2) is 31.7 Å². The molecule has 1 unspecified atom stereocenters. The molecule has 6 heteroatoms. The molecule has 1 amide bonds. The zero-order valence-electron chi connectivity index (χ0n) is 17.4. The van der Waals surface area contributed by atoms with Gasteiger partial charge in [-0.05, 0) is 37.5 Å². The van der Waals surface area contributed by atoms with Gasteiger partial charge in [0.15, 0.2) is 4.96 Å². The average molecular weight is 427 g/mol. The van der Waals surface area contributed by atoms with Crippen LogP contribution in [0.25, 0.3) is 15.9 Å². The van der Waals surface area contributed by atoms with Crippen molar-refractivity contribution in [3.05, 3.63) is 93.9 Å². The summed E-state index contributed by atoms with van der Waals surface area (Å²) in [6.45, 7) is 4.74. The van der Waals surface area contributed by atoms with Crippen LogP contribution in [0.3, 0.4) is 0 Å². The minimum Gasteiger partial charge on any atom is -0.356 e. The first-order valence-electron chi connectivity index (χ1n) is 10.5. The molecule has 6 rings (SSSR count). The van der Waals surface area contributed by atoms with Gasteiger partial charge < -0.3 is 9.88 Å². The SMILES string of the molecule is Cc1cccc(C2c3[nH]c4ccccc4c3CCN2C(=O)c2csc3nc(C)cn23)c1. The summed E-state index contributed by atoms with van der Waals surface area (Å²) < 4.78 is 1.93. The largest absolute Gasteiger partial charge is 0.356 e. The van der Waals surface area contributed by atoms with E-state index in [1.165, 1.54) is 27.8 Å². The predicted molar refractivity (Wildman–Crippen MR) is 124 cm³/mol. The van der Waals surface area contributed by atoms with Crippen molar-refractivity contribution in [3.63, 3.8) is 0 Å². The Morgan fingerprint density at radius 1 is 1.16 bits per heavy atom. The van der Waals surface area contributed by atoms with E-state index in [4.69, 9.17) is 0 Å². The van der Waals surface area contributed by atoms with Gasteiger partial charge in [-0.2, -0.15) is 0 Å². The van der Waals surface area contributed by atoms with Gasteiger partial charge in [0.25, 0.3) is 5.91 Å². The van der Waals surface area contributed by atoms with Crippen LogP contribution < -0.4 is 0 Å². The standard InChI is InChI=1S/C25H22N4OS/c1-15-6-5-7-17(12-15)23-22-19(18-8-3-4-9-20(18)27-22)10-11-28(23)24(30)21-14-31-25-26-16(2)13-29(21)25/h3-9,12-14,23,27H,10-11H2,1-2H3. The van der Waals surface area contributed by atoms with Crippen LogP contribution in [0.15, 0.2) is 60.1 Å². The number of hydrogen-bond acceptors (Lipinski definition) is 3. The highest BCUT2D eigenvalue weighted by molar-refractivity contribution is 7.15. The van der Waals surface area contributed by atoms with E-state index in [1.54, 1.807) is 0 Å². The second-order valence-corrected chi connectivity index (χ2v) is 9.12. The smallest absolute Gasteiger partial charge is 0.272 e. The molecule has 4 heterocycles. The van der Waals surface area contributed by atoms with E-state index in [1.807, 2.05) is 27.8 Å². The number of fused-ring (bicyclic) bond motifs is 4. The molecule has 0 radical (unpaired) electrons. The van der Waals surface area contributed by atoms with E-state index in [9.17, 15) is 4.79 Å². The number of thiazole rings is 1. The quantitative estimate of drug-likeness (QED) is 0.417. The summed E-state index contributed by atoms with van der Waals surface area (Å²) in [5.41, 5.74) is 7.50. The first kappa shape index (κ1) is 18.4. The third kappa shape index (κ3) is 2.82. The fourth-order valence-electron chi connectivity index (χ4n) is 4.84. The maximum Gasteiger partial charge on any atom is 0.272 e. The fraction of sp³-hybridized carbons (Fsp3) is 0.200. The van der Waals surface area contributed by atoms with Gasteiger partial charge in [-0.3, -0.25) is 9.20 Å². The van der Waals surface area contributed by atoms with Gasteiger partial charge in [-0.1, -0.05) is 48.0 Å². The number of aryl methyl sites for hydroxylation is 2. The zero-order valence-corrected chi connectivity index (χ0v) is 18.2. The molecule has 0 aliphatic carbocycles. The second kappa shape index (κ2) is 6.82. The minimum atomic E-state index is -0.150. The van der Waals surface area contributed by atoms with Crippen molar-refractivity contribution >= 4 is 33.1 Å². The van der Waals surface area contributed by atoms with E-state index < -0.39 is 0 Å². The van der Waals surface area contributed by atoms with Gasteiger partial charge in [-0.25, -0.2) is 4.98 Å². The molecule has 31 heavy (non-hydrogen) atoms. The van der Waals surface area contributed by atoms with E-state index in [0.717, 1.165) is 33.8 Å². The van der Waals surface area contributed by atoms with Gasteiger partial charge >= 0.3 is 0 Å². The molecule has 1 aliphatic rings. The third-order valence-electron chi connectivity index (χ3n) is 6.20. The zero-order chi connectivity index (χ0) is 21.1. The van der Waals surface area contributed by atoms with Gasteiger partial charge in [0.1, 0.15) is 5.69 Å². The van der Waals surface area contributed by atoms with Crippen molar-refractivity contribution < 1.29 is 4.79 Å². The number of benzene rings is 2. The number of imidazole rings is 1. The van der Waals surface area contributed by atoms with E-state index >= 15 is 0 Å². The lowest BCUT2D eigenvalue weighted by molar-refractivity contribution is 0.0685. The number of carbonyl (C=O) groups excluding carboxylic acids is 1. The van der Waals surface area contributed by atoms with Gasteiger partial charge in [0, 0.05) is 34.7 Å². The number of aromatic nitrogens is 3. The van der Waals surface area contributed by atoms with Crippen molar-refractivity contribution in [3.8, 4) is 0 Å². The third-order valence-corrected chi connectivity index (χ3v) is 7.04. The number of H-pyrrole nitrogens is 1. The summed E-state index contributed by atoms with van der Waals surface area (Å²) in [4.78, 5) is 24.9. The normalized spacial score (nSPS) is 16.2. The Morgan fingerprint density at radius 3 is 2.90 bits per heavy atom. The number of aromatic amines is 1. The highest BCUT2D eigenvalue weighted by Gasteiger charge is 2.36. The summed E-state index contributed by atoms with van der Waals surface area (Å²) in [5, 5.41) is 3.18. The van der Waals surface area contributed by atoms with Gasteiger partial charge in [0.05, 0.1) is 11.7 Å². The molecule has 0 fully saturated rings. The molecule has 154 valence electrons.